The van der Waals surface area contributed by atoms with E-state index < -0.39 is 0 Å². The van der Waals surface area contributed by atoms with Crippen molar-refractivity contribution < 1.29 is 4.79 Å². The Morgan fingerprint density at radius 1 is 1.20 bits per heavy atom. The fourth-order valence-electron chi connectivity index (χ4n) is 4.33. The molecule has 1 saturated heterocycles. The second-order valence-electron chi connectivity index (χ2n) is 8.45. The van der Waals surface area contributed by atoms with Crippen LogP contribution >= 0.6 is 24.0 Å². The highest BCUT2D eigenvalue weighted by Gasteiger charge is 2.27. The fourth-order valence-corrected chi connectivity index (χ4v) is 5.63. The van der Waals surface area contributed by atoms with Gasteiger partial charge in [0.25, 0.3) is 0 Å². The number of carbonyl (C=O) groups excluding carboxylic acids is 1. The van der Waals surface area contributed by atoms with Gasteiger partial charge in [0.15, 0.2) is 5.78 Å². The van der Waals surface area contributed by atoms with E-state index in [0.717, 1.165) is 37.0 Å². The summed E-state index contributed by atoms with van der Waals surface area (Å²) in [5.41, 5.74) is 3.81. The molecule has 2 atom stereocenters. The Hall–Kier alpha value is -1.52. The van der Waals surface area contributed by atoms with Gasteiger partial charge in [0, 0.05) is 27.6 Å². The maximum Gasteiger partial charge on any atom is 0.169 e. The van der Waals surface area contributed by atoms with Crippen LogP contribution in [0.1, 0.15) is 90.6 Å². The number of unbranched alkanes of at least 4 members (excludes halogenated alkanes) is 2. The molecule has 1 aromatic carbocycles. The van der Waals surface area contributed by atoms with Crippen LogP contribution in [0.25, 0.3) is 0 Å². The van der Waals surface area contributed by atoms with Gasteiger partial charge in [-0.1, -0.05) is 44.9 Å². The fraction of sp³-hybridized carbons (Fsp3) is 0.500. The van der Waals surface area contributed by atoms with Crippen molar-refractivity contribution in [2.75, 3.05) is 4.90 Å². The Kier molecular flexibility index (Phi) is 8.64. The standard InChI is InChI=1S/C26H35NOS2/c1-4-5-6-10-25(29)21-12-15-23(16-13-21)27-19(2)11-14-22(27)8-7-9-24-17-18-26(30-24)20(3)28/h12-13,15-18,22,25,29H,2,4-11,14H2,1,3H3. The number of anilines is 1. The third-order valence-corrected chi connectivity index (χ3v) is 7.88. The van der Waals surface area contributed by atoms with E-state index in [0.29, 0.717) is 11.3 Å². The van der Waals surface area contributed by atoms with Gasteiger partial charge >= 0.3 is 0 Å². The van der Waals surface area contributed by atoms with Crippen LogP contribution in [0.15, 0.2) is 48.7 Å². The Morgan fingerprint density at radius 3 is 2.63 bits per heavy atom. The van der Waals surface area contributed by atoms with E-state index >= 15 is 0 Å². The van der Waals surface area contributed by atoms with Gasteiger partial charge in [-0.05, 0) is 75.3 Å². The lowest BCUT2D eigenvalue weighted by molar-refractivity contribution is 0.102. The van der Waals surface area contributed by atoms with Gasteiger partial charge in [-0.15, -0.1) is 11.3 Å². The molecule has 0 N–H and O–H groups in total. The number of Topliss-reactive ketones (excluding diaryl/α,β-unsaturated/α-hetero) is 1. The van der Waals surface area contributed by atoms with Gasteiger partial charge < -0.3 is 4.90 Å². The average Bonchev–Trinajstić information content (AvgIpc) is 3.35. The monoisotopic (exact) mass is 441 g/mol. The van der Waals surface area contributed by atoms with E-state index in [9.17, 15) is 4.79 Å². The molecule has 1 fully saturated rings. The number of aryl methyl sites for hydroxylation is 1. The van der Waals surface area contributed by atoms with E-state index in [4.69, 9.17) is 12.6 Å². The van der Waals surface area contributed by atoms with Crippen molar-refractivity contribution in [1.82, 2.24) is 0 Å². The number of allylic oxidation sites excluding steroid dienone is 1. The number of thiol groups is 1. The third-order valence-electron chi connectivity index (χ3n) is 6.08. The summed E-state index contributed by atoms with van der Waals surface area (Å²) in [6, 6.07) is 13.6. The molecule has 4 heteroatoms. The number of ketones is 1. The minimum Gasteiger partial charge on any atom is -0.343 e. The SMILES string of the molecule is C=C1CCC(CCCc2ccc(C(C)=O)s2)N1c1ccc(C(S)CCCCC)cc1. The van der Waals surface area contributed by atoms with Crippen LogP contribution in [0.4, 0.5) is 5.69 Å². The normalized spacial score (nSPS) is 17.5. The molecule has 3 rings (SSSR count). The van der Waals surface area contributed by atoms with Gasteiger partial charge in [-0.2, -0.15) is 12.6 Å². The molecule has 2 unspecified atom stereocenters. The molecule has 2 aromatic rings. The highest BCUT2D eigenvalue weighted by atomic mass is 32.1. The molecule has 1 aliphatic heterocycles. The molecule has 0 saturated carbocycles. The summed E-state index contributed by atoms with van der Waals surface area (Å²) >= 11 is 6.46. The van der Waals surface area contributed by atoms with Crippen molar-refractivity contribution in [2.24, 2.45) is 0 Å². The largest absolute Gasteiger partial charge is 0.343 e. The molecule has 0 spiro atoms. The number of rotatable bonds is 11. The van der Waals surface area contributed by atoms with Crippen LogP contribution in [0.2, 0.25) is 0 Å². The summed E-state index contributed by atoms with van der Waals surface area (Å²) < 4.78 is 0. The molecule has 2 nitrogen and oxygen atoms in total. The number of hydrogen-bond acceptors (Lipinski definition) is 4. The first-order valence-electron chi connectivity index (χ1n) is 11.3. The van der Waals surface area contributed by atoms with E-state index in [-0.39, 0.29) is 5.78 Å². The summed E-state index contributed by atoms with van der Waals surface area (Å²) in [4.78, 5) is 16.1. The number of benzene rings is 1. The quantitative estimate of drug-likeness (QED) is 0.216. The Bertz CT molecular complexity index is 839. The van der Waals surface area contributed by atoms with Crippen molar-refractivity contribution in [2.45, 2.75) is 82.9 Å². The van der Waals surface area contributed by atoms with Crippen molar-refractivity contribution in [3.05, 3.63) is 64.0 Å². The third kappa shape index (κ3) is 6.01. The summed E-state index contributed by atoms with van der Waals surface area (Å²) in [5.74, 6) is 0.168. The minimum atomic E-state index is 0.168. The van der Waals surface area contributed by atoms with E-state index in [1.807, 2.05) is 6.07 Å². The Morgan fingerprint density at radius 2 is 1.97 bits per heavy atom. The predicted octanol–water partition coefficient (Wildman–Crippen LogP) is 8.01. The molecule has 0 aliphatic carbocycles. The summed E-state index contributed by atoms with van der Waals surface area (Å²) in [7, 11) is 0. The highest BCUT2D eigenvalue weighted by molar-refractivity contribution is 7.80. The summed E-state index contributed by atoms with van der Waals surface area (Å²) in [6.07, 6.45) is 10.5. The zero-order valence-electron chi connectivity index (χ0n) is 18.4. The molecule has 0 amide bonds. The van der Waals surface area contributed by atoms with E-state index in [1.165, 1.54) is 47.5 Å². The van der Waals surface area contributed by atoms with Gasteiger partial charge in [-0.25, -0.2) is 0 Å². The van der Waals surface area contributed by atoms with Crippen LogP contribution in [-0.2, 0) is 6.42 Å². The second kappa shape index (κ2) is 11.2. The maximum absolute atomic E-state index is 11.5. The van der Waals surface area contributed by atoms with Gasteiger partial charge in [-0.3, -0.25) is 4.79 Å². The average molecular weight is 442 g/mol. The van der Waals surface area contributed by atoms with Crippen molar-refractivity contribution in [3.63, 3.8) is 0 Å². The molecule has 2 heterocycles. The van der Waals surface area contributed by atoms with Crippen molar-refractivity contribution >= 4 is 35.4 Å². The zero-order chi connectivity index (χ0) is 21.5. The first kappa shape index (κ1) is 23.1. The maximum atomic E-state index is 11.5. The number of hydrogen-bond donors (Lipinski definition) is 1. The minimum absolute atomic E-state index is 0.168. The number of nitrogens with zero attached hydrogens (tertiary/aromatic N) is 1. The van der Waals surface area contributed by atoms with Crippen LogP contribution in [0, 0.1) is 0 Å². The molecule has 0 bridgehead atoms. The van der Waals surface area contributed by atoms with Crippen molar-refractivity contribution in [1.29, 1.82) is 0 Å². The lowest BCUT2D eigenvalue weighted by Gasteiger charge is -2.28. The first-order valence-corrected chi connectivity index (χ1v) is 12.7. The Balaban J connectivity index is 1.56. The van der Waals surface area contributed by atoms with Crippen LogP contribution in [-0.4, -0.2) is 11.8 Å². The molecule has 0 radical (unpaired) electrons. The molecule has 162 valence electrons. The summed E-state index contributed by atoms with van der Waals surface area (Å²) in [6.45, 7) is 8.22. The van der Waals surface area contributed by atoms with E-state index in [2.05, 4.69) is 48.7 Å². The lowest BCUT2D eigenvalue weighted by atomic mass is 10.0. The van der Waals surface area contributed by atoms with Gasteiger partial charge in [0.1, 0.15) is 0 Å². The van der Waals surface area contributed by atoms with E-state index in [1.54, 1.807) is 18.3 Å². The predicted molar refractivity (Wildman–Crippen MR) is 134 cm³/mol. The first-order chi connectivity index (χ1) is 14.5. The van der Waals surface area contributed by atoms with Crippen molar-refractivity contribution in [3.8, 4) is 0 Å². The highest BCUT2D eigenvalue weighted by Crippen LogP contribution is 2.36. The van der Waals surface area contributed by atoms with Gasteiger partial charge in [0.05, 0.1) is 4.88 Å². The smallest absolute Gasteiger partial charge is 0.169 e. The molecular formula is C26H35NOS2. The topological polar surface area (TPSA) is 20.3 Å². The zero-order valence-corrected chi connectivity index (χ0v) is 20.1. The Labute approximate surface area is 191 Å². The number of thiophene rings is 1. The van der Waals surface area contributed by atoms with Crippen LogP contribution in [0.5, 0.6) is 0 Å². The molecule has 30 heavy (non-hydrogen) atoms. The van der Waals surface area contributed by atoms with Crippen LogP contribution in [0.3, 0.4) is 0 Å². The van der Waals surface area contributed by atoms with Crippen LogP contribution < -0.4 is 4.90 Å². The van der Waals surface area contributed by atoms with Gasteiger partial charge in [0.2, 0.25) is 0 Å². The number of carbonyl (C=O) groups is 1. The summed E-state index contributed by atoms with van der Waals surface area (Å²) in [5, 5.41) is 0.328. The second-order valence-corrected chi connectivity index (χ2v) is 10.2. The molecule has 1 aromatic heterocycles. The molecular weight excluding hydrogens is 406 g/mol. The lowest BCUT2D eigenvalue weighted by Crippen LogP contribution is -2.27. The molecule has 1 aliphatic rings.